The molecule has 1 unspecified atom stereocenters. The fraction of sp³-hybridized carbons (Fsp3) is 0.625. The van der Waals surface area contributed by atoms with Crippen LogP contribution in [-0.2, 0) is 9.59 Å². The van der Waals surface area contributed by atoms with Crippen molar-refractivity contribution in [1.29, 1.82) is 0 Å². The van der Waals surface area contributed by atoms with Gasteiger partial charge >= 0.3 is 0 Å². The Balaban J connectivity index is 1.98. The summed E-state index contributed by atoms with van der Waals surface area (Å²) in [5, 5.41) is 4.87. The zero-order valence-electron chi connectivity index (χ0n) is 12.8. The van der Waals surface area contributed by atoms with Crippen LogP contribution in [0.15, 0.2) is 17.5 Å². The minimum absolute atomic E-state index is 0.0958. The SMILES string of the molecule is CC(=O)NC(CC(=O)N(C)C1CCCCC1)c1cccs1. The van der Waals surface area contributed by atoms with Crippen LogP contribution >= 0.6 is 11.3 Å². The van der Waals surface area contributed by atoms with Crippen LogP contribution in [0.4, 0.5) is 0 Å². The smallest absolute Gasteiger partial charge is 0.225 e. The minimum Gasteiger partial charge on any atom is -0.348 e. The Morgan fingerprint density at radius 3 is 2.67 bits per heavy atom. The van der Waals surface area contributed by atoms with E-state index in [1.54, 1.807) is 11.3 Å². The fourth-order valence-electron chi connectivity index (χ4n) is 2.95. The van der Waals surface area contributed by atoms with E-state index in [2.05, 4.69) is 5.32 Å². The summed E-state index contributed by atoms with van der Waals surface area (Å²) in [5.41, 5.74) is 0. The first-order chi connectivity index (χ1) is 10.1. The van der Waals surface area contributed by atoms with Crippen LogP contribution in [0.3, 0.4) is 0 Å². The minimum atomic E-state index is -0.207. The van der Waals surface area contributed by atoms with Gasteiger partial charge in [-0.1, -0.05) is 25.3 Å². The fourth-order valence-corrected chi connectivity index (χ4v) is 3.73. The van der Waals surface area contributed by atoms with Gasteiger partial charge in [0.05, 0.1) is 12.5 Å². The molecule has 21 heavy (non-hydrogen) atoms. The third-order valence-corrected chi connectivity index (χ3v) is 5.14. The summed E-state index contributed by atoms with van der Waals surface area (Å²) in [7, 11) is 1.90. The van der Waals surface area contributed by atoms with E-state index in [1.165, 1.54) is 26.2 Å². The second kappa shape index (κ2) is 7.59. The molecule has 1 saturated carbocycles. The number of nitrogens with zero attached hydrogens (tertiary/aromatic N) is 1. The Morgan fingerprint density at radius 2 is 2.10 bits per heavy atom. The quantitative estimate of drug-likeness (QED) is 0.908. The highest BCUT2D eigenvalue weighted by Gasteiger charge is 2.25. The van der Waals surface area contributed by atoms with Gasteiger partial charge in [0.2, 0.25) is 11.8 Å². The number of rotatable bonds is 5. The van der Waals surface area contributed by atoms with E-state index in [0.29, 0.717) is 12.5 Å². The second-order valence-corrected chi connectivity index (χ2v) is 6.75. The molecule has 116 valence electrons. The van der Waals surface area contributed by atoms with Crippen molar-refractivity contribution >= 4 is 23.2 Å². The third kappa shape index (κ3) is 4.56. The van der Waals surface area contributed by atoms with Crippen molar-refractivity contribution in [2.45, 2.75) is 57.5 Å². The maximum Gasteiger partial charge on any atom is 0.225 e. The lowest BCUT2D eigenvalue weighted by molar-refractivity contribution is -0.133. The number of hydrogen-bond acceptors (Lipinski definition) is 3. The van der Waals surface area contributed by atoms with Gasteiger partial charge in [-0.3, -0.25) is 9.59 Å². The maximum absolute atomic E-state index is 12.5. The number of amides is 2. The highest BCUT2D eigenvalue weighted by molar-refractivity contribution is 7.10. The Hall–Kier alpha value is -1.36. The van der Waals surface area contributed by atoms with Crippen LogP contribution in [0.2, 0.25) is 0 Å². The lowest BCUT2D eigenvalue weighted by Gasteiger charge is -2.32. The third-order valence-electron chi connectivity index (χ3n) is 4.16. The van der Waals surface area contributed by atoms with Crippen LogP contribution in [0.1, 0.15) is 56.4 Å². The molecule has 1 aliphatic rings. The van der Waals surface area contributed by atoms with Crippen LogP contribution in [0, 0.1) is 0 Å². The van der Waals surface area contributed by atoms with Crippen molar-refractivity contribution in [3.8, 4) is 0 Å². The Bertz CT molecular complexity index is 467. The molecule has 1 heterocycles. The molecule has 1 aliphatic carbocycles. The molecule has 0 aromatic carbocycles. The van der Waals surface area contributed by atoms with Gasteiger partial charge in [-0.05, 0) is 24.3 Å². The highest BCUT2D eigenvalue weighted by Crippen LogP contribution is 2.26. The van der Waals surface area contributed by atoms with Gasteiger partial charge in [0.15, 0.2) is 0 Å². The van der Waals surface area contributed by atoms with Crippen molar-refractivity contribution < 1.29 is 9.59 Å². The monoisotopic (exact) mass is 308 g/mol. The second-order valence-electron chi connectivity index (χ2n) is 5.77. The lowest BCUT2D eigenvalue weighted by atomic mass is 9.94. The van der Waals surface area contributed by atoms with Crippen LogP contribution in [0.25, 0.3) is 0 Å². The zero-order valence-corrected chi connectivity index (χ0v) is 13.6. The summed E-state index contributed by atoms with van der Waals surface area (Å²) < 4.78 is 0. The van der Waals surface area contributed by atoms with Crippen molar-refractivity contribution in [3.63, 3.8) is 0 Å². The van der Waals surface area contributed by atoms with Crippen molar-refractivity contribution in [2.75, 3.05) is 7.05 Å². The standard InChI is InChI=1S/C16H24N2O2S/c1-12(19)17-14(15-9-6-10-21-15)11-16(20)18(2)13-7-4-3-5-8-13/h6,9-10,13-14H,3-5,7-8,11H2,1-2H3,(H,17,19). The van der Waals surface area contributed by atoms with Gasteiger partial charge < -0.3 is 10.2 Å². The van der Waals surface area contributed by atoms with E-state index in [-0.39, 0.29) is 17.9 Å². The number of carbonyl (C=O) groups is 2. The predicted molar refractivity (Wildman–Crippen MR) is 85.1 cm³/mol. The number of carbonyl (C=O) groups excluding carboxylic acids is 2. The molecule has 1 fully saturated rings. The first-order valence-electron chi connectivity index (χ1n) is 7.64. The maximum atomic E-state index is 12.5. The topological polar surface area (TPSA) is 49.4 Å². The number of nitrogens with one attached hydrogen (secondary N) is 1. The molecule has 0 saturated heterocycles. The van der Waals surface area contributed by atoms with Gasteiger partial charge in [-0.15, -0.1) is 11.3 Å². The van der Waals surface area contributed by atoms with E-state index < -0.39 is 0 Å². The number of thiophene rings is 1. The zero-order chi connectivity index (χ0) is 15.2. The van der Waals surface area contributed by atoms with Crippen LogP contribution in [0.5, 0.6) is 0 Å². The summed E-state index contributed by atoms with van der Waals surface area (Å²) in [6.45, 7) is 1.50. The van der Waals surface area contributed by atoms with Gasteiger partial charge in [0.25, 0.3) is 0 Å². The first kappa shape index (κ1) is 16.0. The van der Waals surface area contributed by atoms with Gasteiger partial charge in [-0.25, -0.2) is 0 Å². The van der Waals surface area contributed by atoms with Crippen LogP contribution < -0.4 is 5.32 Å². The highest BCUT2D eigenvalue weighted by atomic mass is 32.1. The number of hydrogen-bond donors (Lipinski definition) is 1. The Morgan fingerprint density at radius 1 is 1.38 bits per heavy atom. The molecular weight excluding hydrogens is 284 g/mol. The summed E-state index contributed by atoms with van der Waals surface area (Å²) in [6, 6.07) is 4.08. The average Bonchev–Trinajstić information content (AvgIpc) is 3.00. The van der Waals surface area contributed by atoms with E-state index >= 15 is 0 Å². The molecule has 1 atom stereocenters. The van der Waals surface area contributed by atoms with Gasteiger partial charge in [-0.2, -0.15) is 0 Å². The summed E-state index contributed by atoms with van der Waals surface area (Å²) in [5.74, 6) is 0.0237. The molecule has 0 radical (unpaired) electrons. The molecular formula is C16H24N2O2S. The first-order valence-corrected chi connectivity index (χ1v) is 8.52. The Labute approximate surface area is 130 Å². The lowest BCUT2D eigenvalue weighted by Crippen LogP contribution is -2.40. The van der Waals surface area contributed by atoms with E-state index in [1.807, 2.05) is 29.5 Å². The molecule has 0 bridgehead atoms. The van der Waals surface area contributed by atoms with Crippen molar-refractivity contribution in [2.24, 2.45) is 0 Å². The molecule has 0 spiro atoms. The molecule has 1 aromatic rings. The molecule has 2 rings (SSSR count). The molecule has 1 aromatic heterocycles. The molecule has 2 amide bonds. The van der Waals surface area contributed by atoms with E-state index in [9.17, 15) is 9.59 Å². The largest absolute Gasteiger partial charge is 0.348 e. The van der Waals surface area contributed by atoms with Gasteiger partial charge in [0.1, 0.15) is 0 Å². The molecule has 0 aliphatic heterocycles. The van der Waals surface area contributed by atoms with Crippen molar-refractivity contribution in [1.82, 2.24) is 10.2 Å². The van der Waals surface area contributed by atoms with E-state index in [0.717, 1.165) is 17.7 Å². The summed E-state index contributed by atoms with van der Waals surface area (Å²) >= 11 is 1.58. The predicted octanol–water partition coefficient (Wildman–Crippen LogP) is 3.11. The van der Waals surface area contributed by atoms with Gasteiger partial charge in [0, 0.05) is 24.9 Å². The normalized spacial score (nSPS) is 17.2. The summed E-state index contributed by atoms with van der Waals surface area (Å²) in [6.07, 6.45) is 6.25. The molecule has 4 nitrogen and oxygen atoms in total. The van der Waals surface area contributed by atoms with E-state index in [4.69, 9.17) is 0 Å². The Kier molecular flexibility index (Phi) is 5.79. The molecule has 5 heteroatoms. The van der Waals surface area contributed by atoms with Crippen LogP contribution in [-0.4, -0.2) is 29.8 Å². The van der Waals surface area contributed by atoms with Crippen molar-refractivity contribution in [3.05, 3.63) is 22.4 Å². The summed E-state index contributed by atoms with van der Waals surface area (Å²) in [4.78, 5) is 26.8. The molecule has 1 N–H and O–H groups in total. The average molecular weight is 308 g/mol.